The van der Waals surface area contributed by atoms with Gasteiger partial charge in [0.25, 0.3) is 5.91 Å². The van der Waals surface area contributed by atoms with Crippen LogP contribution in [0.5, 0.6) is 0 Å². The van der Waals surface area contributed by atoms with Crippen LogP contribution in [-0.4, -0.2) is 17.4 Å². The van der Waals surface area contributed by atoms with Crippen molar-refractivity contribution in [3.05, 3.63) is 36.0 Å². The Morgan fingerprint density at radius 1 is 1.41 bits per heavy atom. The number of benzene rings is 1. The fourth-order valence-corrected chi connectivity index (χ4v) is 1.70. The third-order valence-corrected chi connectivity index (χ3v) is 3.08. The van der Waals surface area contributed by atoms with Crippen LogP contribution in [0.15, 0.2) is 30.3 Å². The molecule has 0 bridgehead atoms. The number of nitrogens with one attached hydrogen (secondary N) is 2. The Morgan fingerprint density at radius 3 is 2.88 bits per heavy atom. The lowest BCUT2D eigenvalue weighted by molar-refractivity contribution is 0.0943. The molecule has 0 saturated heterocycles. The van der Waals surface area contributed by atoms with Crippen molar-refractivity contribution in [3.8, 4) is 0 Å². The Hall–Kier alpha value is -1.77. The Bertz CT molecular complexity index is 483. The van der Waals surface area contributed by atoms with E-state index in [4.69, 9.17) is 0 Å². The second-order valence-electron chi connectivity index (χ2n) is 4.49. The van der Waals surface area contributed by atoms with Crippen LogP contribution >= 0.6 is 0 Å². The Balaban J connectivity index is 2.08. The quantitative estimate of drug-likeness (QED) is 0.833. The van der Waals surface area contributed by atoms with Gasteiger partial charge in [-0.3, -0.25) is 4.79 Å². The maximum absolute atomic E-state index is 11.9. The van der Waals surface area contributed by atoms with E-state index in [9.17, 15) is 4.79 Å². The minimum Gasteiger partial charge on any atom is -0.351 e. The van der Waals surface area contributed by atoms with Gasteiger partial charge in [-0.25, -0.2) is 0 Å². The van der Waals surface area contributed by atoms with Gasteiger partial charge in [-0.15, -0.1) is 0 Å². The number of carbonyl (C=O) groups is 1. The van der Waals surface area contributed by atoms with Gasteiger partial charge in [0.2, 0.25) is 0 Å². The van der Waals surface area contributed by atoms with Crippen LogP contribution in [0.4, 0.5) is 0 Å². The van der Waals surface area contributed by atoms with Crippen molar-refractivity contribution in [2.75, 3.05) is 6.54 Å². The molecule has 2 aromatic rings. The largest absolute Gasteiger partial charge is 0.351 e. The van der Waals surface area contributed by atoms with Crippen LogP contribution in [0.1, 0.15) is 30.8 Å². The zero-order valence-electron chi connectivity index (χ0n) is 10.3. The van der Waals surface area contributed by atoms with Crippen molar-refractivity contribution in [1.82, 2.24) is 10.3 Å². The van der Waals surface area contributed by atoms with Gasteiger partial charge in [0.05, 0.1) is 0 Å². The number of fused-ring (bicyclic) bond motifs is 1. The predicted molar refractivity (Wildman–Crippen MR) is 70.1 cm³/mol. The van der Waals surface area contributed by atoms with Crippen molar-refractivity contribution in [1.29, 1.82) is 0 Å². The van der Waals surface area contributed by atoms with E-state index in [2.05, 4.69) is 24.1 Å². The second kappa shape index (κ2) is 5.04. The van der Waals surface area contributed by atoms with Crippen LogP contribution in [0, 0.1) is 5.92 Å². The van der Waals surface area contributed by atoms with Gasteiger partial charge in [-0.1, -0.05) is 38.5 Å². The molecule has 1 aromatic heterocycles. The summed E-state index contributed by atoms with van der Waals surface area (Å²) in [6.07, 6.45) is 1.08. The Morgan fingerprint density at radius 2 is 2.18 bits per heavy atom. The first-order valence-electron chi connectivity index (χ1n) is 6.06. The fourth-order valence-electron chi connectivity index (χ4n) is 1.70. The maximum Gasteiger partial charge on any atom is 0.267 e. The van der Waals surface area contributed by atoms with E-state index in [0.717, 1.165) is 23.9 Å². The third-order valence-electron chi connectivity index (χ3n) is 3.08. The number of para-hydroxylation sites is 1. The summed E-state index contributed by atoms with van der Waals surface area (Å²) in [5, 5.41) is 4.01. The minimum atomic E-state index is -0.0264. The molecule has 0 aliphatic heterocycles. The number of carbonyl (C=O) groups excluding carboxylic acids is 1. The summed E-state index contributed by atoms with van der Waals surface area (Å²) >= 11 is 0. The van der Waals surface area contributed by atoms with Crippen LogP contribution in [0.25, 0.3) is 10.9 Å². The molecule has 0 fully saturated rings. The van der Waals surface area contributed by atoms with Crippen molar-refractivity contribution >= 4 is 16.8 Å². The lowest BCUT2D eigenvalue weighted by atomic mass is 10.1. The average Bonchev–Trinajstić information content (AvgIpc) is 2.79. The summed E-state index contributed by atoms with van der Waals surface area (Å²) in [5.41, 5.74) is 1.63. The number of aromatic amines is 1. The summed E-state index contributed by atoms with van der Waals surface area (Å²) < 4.78 is 0. The molecular weight excluding hydrogens is 212 g/mol. The molecule has 2 rings (SSSR count). The number of hydrogen-bond donors (Lipinski definition) is 2. The SMILES string of the molecule is CCC(C)CNC(=O)c1cc2ccccc2[nH]1. The van der Waals surface area contributed by atoms with E-state index in [-0.39, 0.29) is 5.91 Å². The van der Waals surface area contributed by atoms with Crippen LogP contribution in [-0.2, 0) is 0 Å². The van der Waals surface area contributed by atoms with Crippen LogP contribution in [0.2, 0.25) is 0 Å². The molecule has 1 heterocycles. The molecule has 0 spiro atoms. The van der Waals surface area contributed by atoms with Crippen molar-refractivity contribution < 1.29 is 4.79 Å². The second-order valence-corrected chi connectivity index (χ2v) is 4.49. The molecular formula is C14H18N2O. The van der Waals surface area contributed by atoms with Crippen molar-refractivity contribution in [3.63, 3.8) is 0 Å². The molecule has 17 heavy (non-hydrogen) atoms. The highest BCUT2D eigenvalue weighted by molar-refractivity contribution is 5.97. The third kappa shape index (κ3) is 2.67. The smallest absolute Gasteiger partial charge is 0.267 e. The maximum atomic E-state index is 11.9. The summed E-state index contributed by atoms with van der Waals surface area (Å²) in [7, 11) is 0. The first kappa shape index (κ1) is 11.7. The molecule has 2 N–H and O–H groups in total. The molecule has 0 saturated carbocycles. The monoisotopic (exact) mass is 230 g/mol. The molecule has 3 heteroatoms. The summed E-state index contributed by atoms with van der Waals surface area (Å²) in [6.45, 7) is 4.98. The summed E-state index contributed by atoms with van der Waals surface area (Å²) in [4.78, 5) is 15.0. The highest BCUT2D eigenvalue weighted by Gasteiger charge is 2.09. The Kier molecular flexibility index (Phi) is 3.47. The van der Waals surface area contributed by atoms with Crippen molar-refractivity contribution in [2.45, 2.75) is 20.3 Å². The van der Waals surface area contributed by atoms with Crippen LogP contribution in [0.3, 0.4) is 0 Å². The molecule has 1 aromatic carbocycles. The van der Waals surface area contributed by atoms with Gasteiger partial charge in [0.1, 0.15) is 5.69 Å². The summed E-state index contributed by atoms with van der Waals surface area (Å²) in [6, 6.07) is 9.79. The molecule has 0 radical (unpaired) electrons. The molecule has 1 amide bonds. The first-order valence-corrected chi connectivity index (χ1v) is 6.06. The molecule has 3 nitrogen and oxygen atoms in total. The standard InChI is InChI=1S/C14H18N2O/c1-3-10(2)9-15-14(17)13-8-11-6-4-5-7-12(11)16-13/h4-8,10,16H,3,9H2,1-2H3,(H,15,17). The molecule has 90 valence electrons. The highest BCUT2D eigenvalue weighted by Crippen LogP contribution is 2.14. The van der Waals surface area contributed by atoms with Crippen molar-refractivity contribution in [2.24, 2.45) is 5.92 Å². The van der Waals surface area contributed by atoms with Crippen LogP contribution < -0.4 is 5.32 Å². The minimum absolute atomic E-state index is 0.0264. The number of rotatable bonds is 4. The lowest BCUT2D eigenvalue weighted by Crippen LogP contribution is -2.28. The van der Waals surface area contributed by atoms with E-state index < -0.39 is 0 Å². The normalized spacial score (nSPS) is 12.6. The number of H-pyrrole nitrogens is 1. The number of hydrogen-bond acceptors (Lipinski definition) is 1. The molecule has 1 atom stereocenters. The van der Waals surface area contributed by atoms with Gasteiger partial charge >= 0.3 is 0 Å². The van der Waals surface area contributed by atoms with E-state index in [1.807, 2.05) is 30.3 Å². The number of amides is 1. The number of aromatic nitrogens is 1. The van der Waals surface area contributed by atoms with Gasteiger partial charge in [-0.05, 0) is 18.1 Å². The van der Waals surface area contributed by atoms with Gasteiger partial charge < -0.3 is 10.3 Å². The van der Waals surface area contributed by atoms with E-state index >= 15 is 0 Å². The van der Waals surface area contributed by atoms with Gasteiger partial charge in [-0.2, -0.15) is 0 Å². The fraction of sp³-hybridized carbons (Fsp3) is 0.357. The van der Waals surface area contributed by atoms with E-state index in [1.165, 1.54) is 0 Å². The topological polar surface area (TPSA) is 44.9 Å². The van der Waals surface area contributed by atoms with Gasteiger partial charge in [0, 0.05) is 17.4 Å². The lowest BCUT2D eigenvalue weighted by Gasteiger charge is -2.08. The zero-order valence-corrected chi connectivity index (χ0v) is 10.3. The Labute approximate surface area is 101 Å². The van der Waals surface area contributed by atoms with E-state index in [1.54, 1.807) is 0 Å². The average molecular weight is 230 g/mol. The molecule has 0 aliphatic rings. The summed E-state index contributed by atoms with van der Waals surface area (Å²) in [5.74, 6) is 0.491. The van der Waals surface area contributed by atoms with Gasteiger partial charge in [0.15, 0.2) is 0 Å². The molecule has 1 unspecified atom stereocenters. The van der Waals surface area contributed by atoms with E-state index in [0.29, 0.717) is 11.6 Å². The first-order chi connectivity index (χ1) is 8.20. The molecule has 0 aliphatic carbocycles. The highest BCUT2D eigenvalue weighted by atomic mass is 16.1. The predicted octanol–water partition coefficient (Wildman–Crippen LogP) is 2.94. The zero-order chi connectivity index (χ0) is 12.3.